The molecule has 1 unspecified atom stereocenters. The molecular formula is C19H21Cl2NO3. The predicted molar refractivity (Wildman–Crippen MR) is 100 cm³/mol. The molecule has 6 heteroatoms. The number of rotatable bonds is 8. The summed E-state index contributed by atoms with van der Waals surface area (Å²) in [5.74, 6) is -0.104. The van der Waals surface area contributed by atoms with Crippen LogP contribution >= 0.6 is 23.2 Å². The Morgan fingerprint density at radius 3 is 2.40 bits per heavy atom. The minimum Gasteiger partial charge on any atom is -0.489 e. The summed E-state index contributed by atoms with van der Waals surface area (Å²) in [5, 5.41) is 13.4. The van der Waals surface area contributed by atoms with Crippen molar-refractivity contribution in [1.29, 1.82) is 0 Å². The number of aliphatic carboxylic acids is 1. The topological polar surface area (TPSA) is 58.6 Å². The van der Waals surface area contributed by atoms with Gasteiger partial charge in [-0.2, -0.15) is 0 Å². The van der Waals surface area contributed by atoms with Crippen LogP contribution in [0.4, 0.5) is 0 Å². The third kappa shape index (κ3) is 5.92. The molecule has 0 aliphatic rings. The van der Waals surface area contributed by atoms with Gasteiger partial charge in [-0.15, -0.1) is 0 Å². The Kier molecular flexibility index (Phi) is 7.12. The van der Waals surface area contributed by atoms with Crippen molar-refractivity contribution in [3.05, 3.63) is 63.6 Å². The molecule has 4 nitrogen and oxygen atoms in total. The van der Waals surface area contributed by atoms with Gasteiger partial charge in [0.25, 0.3) is 0 Å². The first-order valence-electron chi connectivity index (χ1n) is 7.98. The van der Waals surface area contributed by atoms with Crippen LogP contribution in [0.1, 0.15) is 25.0 Å². The van der Waals surface area contributed by atoms with Crippen molar-refractivity contribution in [2.24, 2.45) is 5.92 Å². The first-order valence-corrected chi connectivity index (χ1v) is 8.74. The van der Waals surface area contributed by atoms with E-state index in [1.807, 2.05) is 44.2 Å². The van der Waals surface area contributed by atoms with Crippen LogP contribution in [-0.2, 0) is 17.9 Å². The van der Waals surface area contributed by atoms with Crippen molar-refractivity contribution in [3.8, 4) is 5.75 Å². The van der Waals surface area contributed by atoms with Crippen molar-refractivity contribution in [3.63, 3.8) is 0 Å². The second-order valence-corrected chi connectivity index (χ2v) is 6.95. The average Bonchev–Trinajstić information content (AvgIpc) is 2.55. The normalized spacial score (nSPS) is 12.2. The molecule has 0 heterocycles. The molecule has 0 aromatic heterocycles. The quantitative estimate of drug-likeness (QED) is 0.691. The van der Waals surface area contributed by atoms with Gasteiger partial charge in [-0.05, 0) is 35.7 Å². The minimum atomic E-state index is -0.838. The molecule has 0 amide bonds. The molecule has 2 rings (SSSR count). The molecular weight excluding hydrogens is 361 g/mol. The highest BCUT2D eigenvalue weighted by atomic mass is 35.5. The SMILES string of the molecule is CC(C)C(NCc1ccc(OCc2ccc(Cl)cc2Cl)cc1)C(=O)O. The Balaban J connectivity index is 1.90. The van der Waals surface area contributed by atoms with E-state index in [2.05, 4.69) is 5.32 Å². The van der Waals surface area contributed by atoms with E-state index in [0.717, 1.165) is 11.1 Å². The van der Waals surface area contributed by atoms with E-state index in [1.165, 1.54) is 0 Å². The lowest BCUT2D eigenvalue weighted by atomic mass is 10.0. The fourth-order valence-electron chi connectivity index (χ4n) is 2.34. The zero-order chi connectivity index (χ0) is 18.4. The summed E-state index contributed by atoms with van der Waals surface area (Å²) < 4.78 is 5.73. The van der Waals surface area contributed by atoms with Crippen molar-refractivity contribution in [1.82, 2.24) is 5.32 Å². The molecule has 0 aliphatic carbocycles. The molecule has 0 aliphatic heterocycles. The molecule has 134 valence electrons. The van der Waals surface area contributed by atoms with Gasteiger partial charge in [0.05, 0.1) is 0 Å². The number of carbonyl (C=O) groups is 1. The molecule has 2 aromatic carbocycles. The number of carboxylic acid groups (broad SMARTS) is 1. The zero-order valence-corrected chi connectivity index (χ0v) is 15.6. The Morgan fingerprint density at radius 2 is 1.84 bits per heavy atom. The minimum absolute atomic E-state index is 0.0178. The second kappa shape index (κ2) is 9.09. The summed E-state index contributed by atoms with van der Waals surface area (Å²) in [6.45, 7) is 4.59. The lowest BCUT2D eigenvalue weighted by Crippen LogP contribution is -2.40. The summed E-state index contributed by atoms with van der Waals surface area (Å²) in [6, 6.07) is 12.2. The fourth-order valence-corrected chi connectivity index (χ4v) is 2.80. The van der Waals surface area contributed by atoms with Gasteiger partial charge in [-0.3, -0.25) is 4.79 Å². The molecule has 0 saturated heterocycles. The van der Waals surface area contributed by atoms with Gasteiger partial charge in [0, 0.05) is 22.2 Å². The first-order chi connectivity index (χ1) is 11.9. The molecule has 0 saturated carbocycles. The molecule has 2 aromatic rings. The summed E-state index contributed by atoms with van der Waals surface area (Å²) in [5.41, 5.74) is 1.85. The van der Waals surface area contributed by atoms with Crippen LogP contribution in [0.3, 0.4) is 0 Å². The highest BCUT2D eigenvalue weighted by Gasteiger charge is 2.20. The van der Waals surface area contributed by atoms with Crippen LogP contribution in [0.15, 0.2) is 42.5 Å². The Morgan fingerprint density at radius 1 is 1.16 bits per heavy atom. The molecule has 0 radical (unpaired) electrons. The number of hydrogen-bond donors (Lipinski definition) is 2. The first kappa shape index (κ1) is 19.6. The molecule has 25 heavy (non-hydrogen) atoms. The van der Waals surface area contributed by atoms with E-state index < -0.39 is 12.0 Å². The van der Waals surface area contributed by atoms with Gasteiger partial charge < -0.3 is 15.2 Å². The lowest BCUT2D eigenvalue weighted by Gasteiger charge is -2.18. The standard InChI is InChI=1S/C19H21Cl2NO3/c1-12(2)18(19(23)24)22-10-13-3-7-16(8-4-13)25-11-14-5-6-15(20)9-17(14)21/h3-9,12,18,22H,10-11H2,1-2H3,(H,23,24). The Hall–Kier alpha value is -1.75. The third-order valence-electron chi connectivity index (χ3n) is 3.79. The fraction of sp³-hybridized carbons (Fsp3) is 0.316. The summed E-state index contributed by atoms with van der Waals surface area (Å²) >= 11 is 12.0. The van der Waals surface area contributed by atoms with Crippen molar-refractivity contribution < 1.29 is 14.6 Å². The van der Waals surface area contributed by atoms with E-state index in [1.54, 1.807) is 12.1 Å². The van der Waals surface area contributed by atoms with Crippen molar-refractivity contribution in [2.45, 2.75) is 33.0 Å². The van der Waals surface area contributed by atoms with Gasteiger partial charge in [-0.1, -0.05) is 55.2 Å². The highest BCUT2D eigenvalue weighted by Crippen LogP contribution is 2.23. The molecule has 1 atom stereocenters. The van der Waals surface area contributed by atoms with Crippen LogP contribution < -0.4 is 10.1 Å². The summed E-state index contributed by atoms with van der Waals surface area (Å²) in [7, 11) is 0. The van der Waals surface area contributed by atoms with E-state index in [0.29, 0.717) is 28.9 Å². The monoisotopic (exact) mass is 381 g/mol. The molecule has 2 N–H and O–H groups in total. The van der Waals surface area contributed by atoms with Crippen LogP contribution in [0.2, 0.25) is 10.0 Å². The largest absolute Gasteiger partial charge is 0.489 e. The highest BCUT2D eigenvalue weighted by molar-refractivity contribution is 6.35. The van der Waals surface area contributed by atoms with Crippen LogP contribution in [0.5, 0.6) is 5.75 Å². The van der Waals surface area contributed by atoms with Crippen LogP contribution in [0.25, 0.3) is 0 Å². The number of nitrogens with one attached hydrogen (secondary N) is 1. The van der Waals surface area contributed by atoms with Gasteiger partial charge in [-0.25, -0.2) is 0 Å². The summed E-state index contributed by atoms with van der Waals surface area (Å²) in [6.07, 6.45) is 0. The van der Waals surface area contributed by atoms with Gasteiger partial charge >= 0.3 is 5.97 Å². The van der Waals surface area contributed by atoms with E-state index in [4.69, 9.17) is 27.9 Å². The molecule has 0 fully saturated rings. The molecule has 0 spiro atoms. The van der Waals surface area contributed by atoms with Gasteiger partial charge in [0.2, 0.25) is 0 Å². The number of hydrogen-bond acceptors (Lipinski definition) is 3. The maximum absolute atomic E-state index is 11.2. The smallest absolute Gasteiger partial charge is 0.320 e. The van der Waals surface area contributed by atoms with Gasteiger partial charge in [0.15, 0.2) is 0 Å². The number of benzene rings is 2. The van der Waals surface area contributed by atoms with Crippen LogP contribution in [-0.4, -0.2) is 17.1 Å². The third-order valence-corrected chi connectivity index (χ3v) is 4.38. The van der Waals surface area contributed by atoms with E-state index >= 15 is 0 Å². The lowest BCUT2D eigenvalue weighted by molar-refractivity contribution is -0.140. The number of ether oxygens (including phenoxy) is 1. The molecule has 0 bridgehead atoms. The van der Waals surface area contributed by atoms with Crippen molar-refractivity contribution >= 4 is 29.2 Å². The summed E-state index contributed by atoms with van der Waals surface area (Å²) in [4.78, 5) is 11.2. The Bertz CT molecular complexity index is 717. The average molecular weight is 382 g/mol. The maximum Gasteiger partial charge on any atom is 0.320 e. The number of carboxylic acids is 1. The maximum atomic E-state index is 11.2. The second-order valence-electron chi connectivity index (χ2n) is 6.11. The van der Waals surface area contributed by atoms with E-state index in [-0.39, 0.29) is 5.92 Å². The van der Waals surface area contributed by atoms with Gasteiger partial charge in [0.1, 0.15) is 18.4 Å². The number of halogens is 2. The zero-order valence-electron chi connectivity index (χ0n) is 14.1. The van der Waals surface area contributed by atoms with Crippen molar-refractivity contribution in [2.75, 3.05) is 0 Å². The van der Waals surface area contributed by atoms with Crippen LogP contribution in [0, 0.1) is 5.92 Å². The van der Waals surface area contributed by atoms with E-state index in [9.17, 15) is 9.90 Å². The predicted octanol–water partition coefficient (Wildman–Crippen LogP) is 4.77. The Labute approximate surface area is 157 Å².